The predicted octanol–water partition coefficient (Wildman–Crippen LogP) is 3.21. The number of piperidine rings is 1. The maximum Gasteiger partial charge on any atom is 0.270 e. The molecule has 29 heavy (non-hydrogen) atoms. The summed E-state index contributed by atoms with van der Waals surface area (Å²) in [5.74, 6) is -0.916. The first kappa shape index (κ1) is 20.4. The van der Waals surface area contributed by atoms with Crippen molar-refractivity contribution in [3.63, 3.8) is 0 Å². The van der Waals surface area contributed by atoms with Crippen molar-refractivity contribution in [2.24, 2.45) is 5.92 Å². The number of carbonyl (C=O) groups excluding carboxylic acids is 2. The average molecular weight is 399 g/mol. The minimum Gasteiger partial charge on any atom is -0.352 e. The summed E-state index contributed by atoms with van der Waals surface area (Å²) < 4.78 is 13.6. The number of non-ortho nitro benzene ring substituents is 1. The lowest BCUT2D eigenvalue weighted by Crippen LogP contribution is -2.42. The van der Waals surface area contributed by atoms with Gasteiger partial charge in [0.15, 0.2) is 0 Å². The molecule has 0 radical (unpaired) electrons. The van der Waals surface area contributed by atoms with Gasteiger partial charge in [-0.25, -0.2) is 4.39 Å². The standard InChI is InChI=1S/C21H22FN3O4/c1-14-5-6-15(11-19(14)22)13-23-20(26)16-7-9-24(10-8-16)21(27)17-3-2-4-18(12-17)25(28)29/h2-6,11-12,16H,7-10,13H2,1H3,(H,23,26). The molecule has 2 amide bonds. The normalized spacial score (nSPS) is 14.5. The molecule has 1 saturated heterocycles. The number of hydrogen-bond donors (Lipinski definition) is 1. The first-order chi connectivity index (χ1) is 13.8. The molecule has 2 aromatic carbocycles. The van der Waals surface area contributed by atoms with Crippen molar-refractivity contribution in [2.45, 2.75) is 26.3 Å². The van der Waals surface area contributed by atoms with Gasteiger partial charge in [-0.05, 0) is 43.0 Å². The SMILES string of the molecule is Cc1ccc(CNC(=O)C2CCN(C(=O)c3cccc([N+](=O)[O-])c3)CC2)cc1F. The molecule has 8 heteroatoms. The third-order valence-corrected chi connectivity index (χ3v) is 5.16. The molecule has 1 aliphatic heterocycles. The van der Waals surface area contributed by atoms with Crippen molar-refractivity contribution in [3.05, 3.63) is 75.1 Å². The predicted molar refractivity (Wildman–Crippen MR) is 105 cm³/mol. The number of hydrogen-bond acceptors (Lipinski definition) is 4. The number of carbonyl (C=O) groups is 2. The van der Waals surface area contributed by atoms with Gasteiger partial charge in [-0.3, -0.25) is 19.7 Å². The Morgan fingerprint density at radius 1 is 1.21 bits per heavy atom. The summed E-state index contributed by atoms with van der Waals surface area (Å²) in [5, 5.41) is 13.7. The summed E-state index contributed by atoms with van der Waals surface area (Å²) in [4.78, 5) is 37.0. The van der Waals surface area contributed by atoms with Gasteiger partial charge in [0.2, 0.25) is 5.91 Å². The van der Waals surface area contributed by atoms with Crippen LogP contribution in [0.25, 0.3) is 0 Å². The first-order valence-electron chi connectivity index (χ1n) is 9.41. The molecule has 3 rings (SSSR count). The number of nitrogens with zero attached hydrogens (tertiary/aromatic N) is 2. The second kappa shape index (κ2) is 8.81. The average Bonchev–Trinajstić information content (AvgIpc) is 2.74. The molecule has 0 aromatic heterocycles. The van der Waals surface area contributed by atoms with E-state index in [1.54, 1.807) is 30.0 Å². The molecule has 1 fully saturated rings. The third-order valence-electron chi connectivity index (χ3n) is 5.16. The van der Waals surface area contributed by atoms with Crippen LogP contribution in [-0.4, -0.2) is 34.7 Å². The van der Waals surface area contributed by atoms with E-state index in [9.17, 15) is 24.1 Å². The summed E-state index contributed by atoms with van der Waals surface area (Å²) in [7, 11) is 0. The van der Waals surface area contributed by atoms with Gasteiger partial charge in [0, 0.05) is 43.2 Å². The smallest absolute Gasteiger partial charge is 0.270 e. The summed E-state index contributed by atoms with van der Waals surface area (Å²) in [6.45, 7) is 2.74. The van der Waals surface area contributed by atoms with E-state index in [4.69, 9.17) is 0 Å². The van der Waals surface area contributed by atoms with Crippen molar-refractivity contribution < 1.29 is 18.9 Å². The van der Waals surface area contributed by atoms with E-state index in [1.807, 2.05) is 0 Å². The molecular formula is C21H22FN3O4. The Balaban J connectivity index is 1.52. The number of rotatable bonds is 5. The zero-order chi connectivity index (χ0) is 21.0. The highest BCUT2D eigenvalue weighted by Gasteiger charge is 2.28. The van der Waals surface area contributed by atoms with Crippen LogP contribution in [0.5, 0.6) is 0 Å². The van der Waals surface area contributed by atoms with Gasteiger partial charge in [-0.1, -0.05) is 18.2 Å². The zero-order valence-corrected chi connectivity index (χ0v) is 16.1. The minimum atomic E-state index is -0.534. The fourth-order valence-electron chi connectivity index (χ4n) is 3.36. The van der Waals surface area contributed by atoms with E-state index >= 15 is 0 Å². The molecule has 1 aliphatic rings. The molecule has 1 heterocycles. The number of nitrogens with one attached hydrogen (secondary N) is 1. The molecule has 152 valence electrons. The van der Waals surface area contributed by atoms with Crippen LogP contribution < -0.4 is 5.32 Å². The molecular weight excluding hydrogens is 377 g/mol. The summed E-state index contributed by atoms with van der Waals surface area (Å²) in [5.41, 5.74) is 1.39. The lowest BCUT2D eigenvalue weighted by atomic mass is 9.95. The molecule has 0 atom stereocenters. The van der Waals surface area contributed by atoms with Crippen molar-refractivity contribution in [2.75, 3.05) is 13.1 Å². The van der Waals surface area contributed by atoms with Crippen LogP contribution in [0.2, 0.25) is 0 Å². The van der Waals surface area contributed by atoms with Crippen LogP contribution in [0.4, 0.5) is 10.1 Å². The second-order valence-electron chi connectivity index (χ2n) is 7.18. The molecule has 0 saturated carbocycles. The second-order valence-corrected chi connectivity index (χ2v) is 7.18. The Hall–Kier alpha value is -3.29. The number of nitro benzene ring substituents is 1. The quantitative estimate of drug-likeness (QED) is 0.617. The third kappa shape index (κ3) is 4.96. The molecule has 0 bridgehead atoms. The fraction of sp³-hybridized carbons (Fsp3) is 0.333. The largest absolute Gasteiger partial charge is 0.352 e. The van der Waals surface area contributed by atoms with Gasteiger partial charge >= 0.3 is 0 Å². The molecule has 0 aliphatic carbocycles. The Bertz CT molecular complexity index is 939. The van der Waals surface area contributed by atoms with Gasteiger partial charge in [0.1, 0.15) is 5.82 Å². The highest BCUT2D eigenvalue weighted by atomic mass is 19.1. The van der Waals surface area contributed by atoms with E-state index < -0.39 is 4.92 Å². The van der Waals surface area contributed by atoms with Crippen LogP contribution in [0, 0.1) is 28.8 Å². The van der Waals surface area contributed by atoms with Gasteiger partial charge in [0.25, 0.3) is 11.6 Å². The summed E-state index contributed by atoms with van der Waals surface area (Å²) in [6.07, 6.45) is 1.02. The monoisotopic (exact) mass is 399 g/mol. The van der Waals surface area contributed by atoms with Crippen molar-refractivity contribution in [3.8, 4) is 0 Å². The zero-order valence-electron chi connectivity index (χ0n) is 16.1. The molecule has 0 spiro atoms. The van der Waals surface area contributed by atoms with Gasteiger partial charge < -0.3 is 10.2 Å². The lowest BCUT2D eigenvalue weighted by Gasteiger charge is -2.31. The van der Waals surface area contributed by atoms with E-state index in [0.717, 1.165) is 0 Å². The van der Waals surface area contributed by atoms with Crippen molar-refractivity contribution in [1.82, 2.24) is 10.2 Å². The fourth-order valence-corrected chi connectivity index (χ4v) is 3.36. The van der Waals surface area contributed by atoms with E-state index in [1.165, 1.54) is 24.3 Å². The number of likely N-dealkylation sites (tertiary alicyclic amines) is 1. The number of amides is 2. The lowest BCUT2D eigenvalue weighted by molar-refractivity contribution is -0.384. The molecule has 7 nitrogen and oxygen atoms in total. The van der Waals surface area contributed by atoms with Crippen LogP contribution in [-0.2, 0) is 11.3 Å². The highest BCUT2D eigenvalue weighted by Crippen LogP contribution is 2.21. The van der Waals surface area contributed by atoms with E-state index in [2.05, 4.69) is 5.32 Å². The summed E-state index contributed by atoms with van der Waals surface area (Å²) >= 11 is 0. The first-order valence-corrected chi connectivity index (χ1v) is 9.41. The Labute approximate surface area is 167 Å². The van der Waals surface area contributed by atoms with Gasteiger partial charge in [-0.2, -0.15) is 0 Å². The maximum atomic E-state index is 13.6. The van der Waals surface area contributed by atoms with Crippen molar-refractivity contribution >= 4 is 17.5 Å². The van der Waals surface area contributed by atoms with E-state index in [-0.39, 0.29) is 41.3 Å². The van der Waals surface area contributed by atoms with Crippen LogP contribution in [0.15, 0.2) is 42.5 Å². The Morgan fingerprint density at radius 2 is 1.93 bits per heavy atom. The number of halogens is 1. The van der Waals surface area contributed by atoms with Crippen LogP contribution >= 0.6 is 0 Å². The van der Waals surface area contributed by atoms with Crippen LogP contribution in [0.3, 0.4) is 0 Å². The summed E-state index contributed by atoms with van der Waals surface area (Å²) in [6, 6.07) is 10.5. The van der Waals surface area contributed by atoms with Crippen molar-refractivity contribution in [1.29, 1.82) is 0 Å². The Morgan fingerprint density at radius 3 is 2.59 bits per heavy atom. The van der Waals surface area contributed by atoms with Gasteiger partial charge in [0.05, 0.1) is 4.92 Å². The number of benzene rings is 2. The number of aryl methyl sites for hydroxylation is 1. The number of nitro groups is 1. The highest BCUT2D eigenvalue weighted by molar-refractivity contribution is 5.95. The Kier molecular flexibility index (Phi) is 6.21. The molecule has 1 N–H and O–H groups in total. The van der Waals surface area contributed by atoms with Gasteiger partial charge in [-0.15, -0.1) is 0 Å². The van der Waals surface area contributed by atoms with Crippen LogP contribution in [0.1, 0.15) is 34.3 Å². The topological polar surface area (TPSA) is 92.6 Å². The van der Waals surface area contributed by atoms with E-state index in [0.29, 0.717) is 37.1 Å². The molecule has 0 unspecified atom stereocenters. The molecule has 2 aromatic rings. The minimum absolute atomic E-state index is 0.117. The maximum absolute atomic E-state index is 13.6.